The summed E-state index contributed by atoms with van der Waals surface area (Å²) in [4.78, 5) is 6.64. The van der Waals surface area contributed by atoms with Crippen LogP contribution in [0.2, 0.25) is 0 Å². The lowest BCUT2D eigenvalue weighted by Gasteiger charge is -2.19. The smallest absolute Gasteiger partial charge is 0.131 e. The summed E-state index contributed by atoms with van der Waals surface area (Å²) in [5.74, 6) is 1.01. The minimum absolute atomic E-state index is 0.196. The summed E-state index contributed by atoms with van der Waals surface area (Å²) in [6.45, 7) is 4.53. The van der Waals surface area contributed by atoms with Crippen molar-refractivity contribution >= 4 is 5.82 Å². The summed E-state index contributed by atoms with van der Waals surface area (Å²) in [7, 11) is 1.93. The van der Waals surface area contributed by atoms with E-state index in [4.69, 9.17) is 0 Å². The van der Waals surface area contributed by atoms with E-state index in [0.29, 0.717) is 6.54 Å². The highest BCUT2D eigenvalue weighted by molar-refractivity contribution is 5.48. The molecule has 1 aromatic rings. The number of aliphatic hydroxyl groups excluding tert-OH is 1. The summed E-state index contributed by atoms with van der Waals surface area (Å²) >= 11 is 0. The molecular weight excluding hydrogens is 202 g/mol. The van der Waals surface area contributed by atoms with Crippen LogP contribution in [0, 0.1) is 6.92 Å². The molecule has 0 spiro atoms. The Labute approximate surface area is 96.3 Å². The normalized spacial score (nSPS) is 20.4. The summed E-state index contributed by atoms with van der Waals surface area (Å²) in [6.07, 6.45) is 2.56. The van der Waals surface area contributed by atoms with Crippen LogP contribution in [0.5, 0.6) is 0 Å². The molecule has 0 aliphatic carbocycles. The number of pyridine rings is 1. The zero-order valence-corrected chi connectivity index (χ0v) is 9.90. The highest BCUT2D eigenvalue weighted by Gasteiger charge is 2.22. The Balaban J connectivity index is 2.16. The number of nitrogens with one attached hydrogen (secondary N) is 1. The fraction of sp³-hybridized carbons (Fsp3) is 0.583. The first kappa shape index (κ1) is 11.4. The molecule has 1 aromatic heterocycles. The molecular formula is C12H19N3O. The monoisotopic (exact) mass is 221 g/mol. The highest BCUT2D eigenvalue weighted by atomic mass is 16.3. The summed E-state index contributed by atoms with van der Waals surface area (Å²) in [6, 6.07) is 2.16. The average Bonchev–Trinajstić information content (AvgIpc) is 2.65. The Bertz CT molecular complexity index is 367. The lowest BCUT2D eigenvalue weighted by Crippen LogP contribution is -2.23. The molecule has 1 unspecified atom stereocenters. The highest BCUT2D eigenvalue weighted by Crippen LogP contribution is 2.22. The Morgan fingerprint density at radius 2 is 2.44 bits per heavy atom. The standard InChI is InChI=1S/C12H19N3O/c1-9-5-10(6-13-2)7-14-12(9)15-4-3-11(16)8-15/h5,7,11,13,16H,3-4,6,8H2,1-2H3. The van der Waals surface area contributed by atoms with Crippen LogP contribution in [-0.4, -0.2) is 36.3 Å². The maximum Gasteiger partial charge on any atom is 0.131 e. The van der Waals surface area contributed by atoms with Gasteiger partial charge in [0, 0.05) is 25.8 Å². The van der Waals surface area contributed by atoms with Crippen molar-refractivity contribution in [1.82, 2.24) is 10.3 Å². The molecule has 0 aromatic carbocycles. The van der Waals surface area contributed by atoms with Crippen LogP contribution in [0.1, 0.15) is 17.5 Å². The van der Waals surface area contributed by atoms with Crippen molar-refractivity contribution in [1.29, 1.82) is 0 Å². The van der Waals surface area contributed by atoms with Crippen LogP contribution in [0.15, 0.2) is 12.3 Å². The van der Waals surface area contributed by atoms with E-state index in [1.165, 1.54) is 11.1 Å². The maximum absolute atomic E-state index is 9.51. The second-order valence-corrected chi connectivity index (χ2v) is 4.40. The molecule has 1 fully saturated rings. The predicted molar refractivity (Wildman–Crippen MR) is 64.6 cm³/mol. The number of β-amino-alcohol motifs (C(OH)–C–C–N with tert-alkyl or cyclic N) is 1. The third-order valence-corrected chi connectivity index (χ3v) is 2.95. The molecule has 0 radical (unpaired) electrons. The molecule has 4 nitrogen and oxygen atoms in total. The van der Waals surface area contributed by atoms with E-state index in [-0.39, 0.29) is 6.10 Å². The molecule has 1 saturated heterocycles. The van der Waals surface area contributed by atoms with E-state index in [1.54, 1.807) is 0 Å². The number of hydrogen-bond donors (Lipinski definition) is 2. The van der Waals surface area contributed by atoms with Crippen LogP contribution >= 0.6 is 0 Å². The lowest BCUT2D eigenvalue weighted by atomic mass is 10.2. The van der Waals surface area contributed by atoms with E-state index < -0.39 is 0 Å². The number of hydrogen-bond acceptors (Lipinski definition) is 4. The minimum atomic E-state index is -0.196. The Morgan fingerprint density at radius 1 is 1.62 bits per heavy atom. The first-order chi connectivity index (χ1) is 7.70. The van der Waals surface area contributed by atoms with E-state index in [9.17, 15) is 5.11 Å². The SMILES string of the molecule is CNCc1cnc(N2CCC(O)C2)c(C)c1. The van der Waals surface area contributed by atoms with Gasteiger partial charge in [0.25, 0.3) is 0 Å². The molecule has 2 rings (SSSR count). The summed E-state index contributed by atoms with van der Waals surface area (Å²) < 4.78 is 0. The number of rotatable bonds is 3. The molecule has 88 valence electrons. The van der Waals surface area contributed by atoms with Gasteiger partial charge in [-0.25, -0.2) is 4.98 Å². The van der Waals surface area contributed by atoms with Gasteiger partial charge in [0.15, 0.2) is 0 Å². The van der Waals surface area contributed by atoms with Gasteiger partial charge in [0.2, 0.25) is 0 Å². The second-order valence-electron chi connectivity index (χ2n) is 4.40. The largest absolute Gasteiger partial charge is 0.391 e. The van der Waals surface area contributed by atoms with Crippen molar-refractivity contribution in [3.63, 3.8) is 0 Å². The number of aryl methyl sites for hydroxylation is 1. The summed E-state index contributed by atoms with van der Waals surface area (Å²) in [5.41, 5.74) is 2.38. The van der Waals surface area contributed by atoms with Gasteiger partial charge in [0.05, 0.1) is 6.10 Å². The Hall–Kier alpha value is -1.13. The van der Waals surface area contributed by atoms with Gasteiger partial charge in [-0.05, 0) is 37.6 Å². The quantitative estimate of drug-likeness (QED) is 0.788. The Morgan fingerprint density at radius 3 is 3.00 bits per heavy atom. The number of nitrogens with zero attached hydrogens (tertiary/aromatic N) is 2. The first-order valence-electron chi connectivity index (χ1n) is 5.74. The number of anilines is 1. The molecule has 2 N–H and O–H groups in total. The summed E-state index contributed by atoms with van der Waals surface area (Å²) in [5, 5.41) is 12.6. The van der Waals surface area contributed by atoms with Crippen molar-refractivity contribution in [3.8, 4) is 0 Å². The predicted octanol–water partition coefficient (Wildman–Crippen LogP) is 0.680. The maximum atomic E-state index is 9.51. The third-order valence-electron chi connectivity index (χ3n) is 2.95. The zero-order chi connectivity index (χ0) is 11.5. The van der Waals surface area contributed by atoms with Gasteiger partial charge in [-0.15, -0.1) is 0 Å². The topological polar surface area (TPSA) is 48.4 Å². The van der Waals surface area contributed by atoms with Crippen LogP contribution < -0.4 is 10.2 Å². The van der Waals surface area contributed by atoms with Gasteiger partial charge in [-0.2, -0.15) is 0 Å². The molecule has 0 amide bonds. The van der Waals surface area contributed by atoms with Gasteiger partial charge in [-0.3, -0.25) is 0 Å². The molecule has 1 atom stereocenters. The number of aliphatic hydroxyl groups is 1. The van der Waals surface area contributed by atoms with Gasteiger partial charge < -0.3 is 15.3 Å². The van der Waals surface area contributed by atoms with Crippen LogP contribution in [0.4, 0.5) is 5.82 Å². The third kappa shape index (κ3) is 2.33. The first-order valence-corrected chi connectivity index (χ1v) is 5.74. The van der Waals surface area contributed by atoms with Crippen molar-refractivity contribution in [2.45, 2.75) is 26.0 Å². The molecule has 1 aliphatic rings. The van der Waals surface area contributed by atoms with E-state index in [1.807, 2.05) is 13.2 Å². The van der Waals surface area contributed by atoms with E-state index >= 15 is 0 Å². The minimum Gasteiger partial charge on any atom is -0.391 e. The van der Waals surface area contributed by atoms with Crippen LogP contribution in [-0.2, 0) is 6.54 Å². The van der Waals surface area contributed by atoms with Gasteiger partial charge in [0.1, 0.15) is 5.82 Å². The van der Waals surface area contributed by atoms with Crippen molar-refractivity contribution in [3.05, 3.63) is 23.4 Å². The van der Waals surface area contributed by atoms with Gasteiger partial charge in [-0.1, -0.05) is 0 Å². The molecule has 0 bridgehead atoms. The van der Waals surface area contributed by atoms with Crippen molar-refractivity contribution < 1.29 is 5.11 Å². The molecule has 4 heteroatoms. The fourth-order valence-corrected chi connectivity index (χ4v) is 2.19. The van der Waals surface area contributed by atoms with E-state index in [2.05, 4.69) is 28.2 Å². The lowest BCUT2D eigenvalue weighted by molar-refractivity contribution is 0.198. The van der Waals surface area contributed by atoms with Crippen molar-refractivity contribution in [2.24, 2.45) is 0 Å². The van der Waals surface area contributed by atoms with Crippen LogP contribution in [0.25, 0.3) is 0 Å². The fourth-order valence-electron chi connectivity index (χ4n) is 2.19. The second kappa shape index (κ2) is 4.80. The molecule has 1 aliphatic heterocycles. The van der Waals surface area contributed by atoms with Crippen LogP contribution in [0.3, 0.4) is 0 Å². The van der Waals surface area contributed by atoms with Crippen molar-refractivity contribution in [2.75, 3.05) is 25.0 Å². The Kier molecular flexibility index (Phi) is 3.41. The van der Waals surface area contributed by atoms with E-state index in [0.717, 1.165) is 25.3 Å². The zero-order valence-electron chi connectivity index (χ0n) is 9.90. The molecule has 0 saturated carbocycles. The molecule has 16 heavy (non-hydrogen) atoms. The number of aromatic nitrogens is 1. The van der Waals surface area contributed by atoms with Gasteiger partial charge >= 0.3 is 0 Å². The average molecular weight is 221 g/mol. The molecule has 2 heterocycles.